The molecule has 28 heavy (non-hydrogen) atoms. The zero-order valence-electron chi connectivity index (χ0n) is 15.9. The van der Waals surface area contributed by atoms with Gasteiger partial charge in [0.2, 0.25) is 5.91 Å². The van der Waals surface area contributed by atoms with Gasteiger partial charge < -0.3 is 4.90 Å². The normalized spacial score (nSPS) is 11.8. The van der Waals surface area contributed by atoms with E-state index in [0.717, 1.165) is 0 Å². The molecular formula is C21H21ClFN3O2. The Hall–Kier alpha value is -2.75. The molecule has 0 aliphatic rings. The van der Waals surface area contributed by atoms with Crippen molar-refractivity contribution in [3.63, 3.8) is 0 Å². The molecule has 2 aromatic carbocycles. The summed E-state index contributed by atoms with van der Waals surface area (Å²) >= 11 is 6.04. The van der Waals surface area contributed by atoms with Crippen molar-refractivity contribution in [3.8, 4) is 6.07 Å². The first-order valence-corrected chi connectivity index (χ1v) is 9.06. The first-order valence-electron chi connectivity index (χ1n) is 8.68. The Bertz CT molecular complexity index is 926. The molecule has 0 aliphatic carbocycles. The first-order chi connectivity index (χ1) is 13.3. The molecule has 7 heteroatoms. The lowest BCUT2D eigenvalue weighted by molar-refractivity contribution is -0.119. The van der Waals surface area contributed by atoms with Gasteiger partial charge in [-0.3, -0.25) is 14.5 Å². The van der Waals surface area contributed by atoms with Gasteiger partial charge in [0.05, 0.1) is 30.3 Å². The number of halogens is 2. The third-order valence-electron chi connectivity index (χ3n) is 4.58. The van der Waals surface area contributed by atoms with Crippen LogP contribution in [0.4, 0.5) is 10.1 Å². The van der Waals surface area contributed by atoms with E-state index < -0.39 is 11.6 Å². The topological polar surface area (TPSA) is 64.4 Å². The standard InChI is InChI=1S/C21H21ClFN3O2/c1-14(10-11-24)25(2)13-20(27)26(3)19-9-8-15(22)12-17(19)21(28)16-6-4-5-7-18(16)23/h4-9,12,14H,10,13H2,1-3H3. The van der Waals surface area contributed by atoms with Gasteiger partial charge in [-0.25, -0.2) is 4.39 Å². The number of carbonyl (C=O) groups excluding carboxylic acids is 2. The molecule has 1 unspecified atom stereocenters. The summed E-state index contributed by atoms with van der Waals surface area (Å²) in [5, 5.41) is 9.12. The summed E-state index contributed by atoms with van der Waals surface area (Å²) in [5.74, 6) is -1.46. The van der Waals surface area contributed by atoms with Crippen molar-refractivity contribution in [3.05, 3.63) is 64.4 Å². The van der Waals surface area contributed by atoms with Crippen LogP contribution in [0.5, 0.6) is 0 Å². The van der Waals surface area contributed by atoms with Crippen LogP contribution in [-0.4, -0.2) is 43.3 Å². The van der Waals surface area contributed by atoms with Gasteiger partial charge in [0.25, 0.3) is 0 Å². The second-order valence-electron chi connectivity index (χ2n) is 6.55. The molecule has 0 spiro atoms. The van der Waals surface area contributed by atoms with Crippen molar-refractivity contribution in [2.24, 2.45) is 0 Å². The molecule has 0 saturated carbocycles. The van der Waals surface area contributed by atoms with Gasteiger partial charge in [-0.1, -0.05) is 23.7 Å². The Labute approximate surface area is 168 Å². The van der Waals surface area contributed by atoms with E-state index in [1.807, 2.05) is 6.92 Å². The molecule has 1 atom stereocenters. The van der Waals surface area contributed by atoms with Crippen molar-refractivity contribution in [2.75, 3.05) is 25.5 Å². The maximum Gasteiger partial charge on any atom is 0.240 e. The van der Waals surface area contributed by atoms with Gasteiger partial charge in [0.1, 0.15) is 5.82 Å². The third-order valence-corrected chi connectivity index (χ3v) is 4.82. The summed E-state index contributed by atoms with van der Waals surface area (Å²) in [6.45, 7) is 1.92. The monoisotopic (exact) mass is 401 g/mol. The summed E-state index contributed by atoms with van der Waals surface area (Å²) in [7, 11) is 3.30. The molecule has 0 aliphatic heterocycles. The van der Waals surface area contributed by atoms with Gasteiger partial charge in [0.15, 0.2) is 5.78 Å². The van der Waals surface area contributed by atoms with E-state index in [0.29, 0.717) is 17.1 Å². The average Bonchev–Trinajstić information content (AvgIpc) is 2.67. The van der Waals surface area contributed by atoms with Crippen LogP contribution < -0.4 is 4.90 Å². The second kappa shape index (κ2) is 9.45. The van der Waals surface area contributed by atoms with Crippen molar-refractivity contribution < 1.29 is 14.0 Å². The fourth-order valence-corrected chi connectivity index (χ4v) is 2.84. The Balaban J connectivity index is 2.33. The molecule has 5 nitrogen and oxygen atoms in total. The van der Waals surface area contributed by atoms with E-state index in [4.69, 9.17) is 16.9 Å². The number of ketones is 1. The van der Waals surface area contributed by atoms with Gasteiger partial charge >= 0.3 is 0 Å². The maximum absolute atomic E-state index is 14.1. The number of carbonyl (C=O) groups is 2. The molecule has 0 aromatic heterocycles. The molecule has 0 N–H and O–H groups in total. The van der Waals surface area contributed by atoms with Crippen molar-refractivity contribution in [1.82, 2.24) is 4.90 Å². The van der Waals surface area contributed by atoms with Crippen LogP contribution in [0, 0.1) is 17.1 Å². The molecule has 2 rings (SSSR count). The fourth-order valence-electron chi connectivity index (χ4n) is 2.67. The van der Waals surface area contributed by atoms with Crippen molar-refractivity contribution >= 4 is 29.0 Å². The lowest BCUT2D eigenvalue weighted by Gasteiger charge is -2.26. The summed E-state index contributed by atoms with van der Waals surface area (Å²) < 4.78 is 14.1. The minimum Gasteiger partial charge on any atom is -0.314 e. The smallest absolute Gasteiger partial charge is 0.240 e. The highest BCUT2D eigenvalue weighted by atomic mass is 35.5. The molecular weight excluding hydrogens is 381 g/mol. The van der Waals surface area contributed by atoms with E-state index in [1.165, 1.54) is 29.2 Å². The molecule has 0 saturated heterocycles. The predicted molar refractivity (Wildman–Crippen MR) is 107 cm³/mol. The van der Waals surface area contributed by atoms with Crippen LogP contribution in [0.25, 0.3) is 0 Å². The first kappa shape index (κ1) is 21.5. The Morgan fingerprint density at radius 2 is 1.86 bits per heavy atom. The number of benzene rings is 2. The van der Waals surface area contributed by atoms with Crippen LogP contribution in [-0.2, 0) is 4.79 Å². The fraction of sp³-hybridized carbons (Fsp3) is 0.286. The minimum absolute atomic E-state index is 0.0648. The maximum atomic E-state index is 14.1. The number of hydrogen-bond acceptors (Lipinski definition) is 4. The van der Waals surface area contributed by atoms with Gasteiger partial charge in [-0.15, -0.1) is 0 Å². The van der Waals surface area contributed by atoms with Crippen LogP contribution in [0.1, 0.15) is 29.3 Å². The predicted octanol–water partition coefficient (Wildman–Crippen LogP) is 3.91. The lowest BCUT2D eigenvalue weighted by Crippen LogP contribution is -2.40. The molecule has 0 radical (unpaired) electrons. The highest BCUT2D eigenvalue weighted by molar-refractivity contribution is 6.31. The molecule has 146 valence electrons. The number of nitriles is 1. The van der Waals surface area contributed by atoms with Gasteiger partial charge in [0, 0.05) is 23.7 Å². The number of anilines is 1. The van der Waals surface area contributed by atoms with Crippen molar-refractivity contribution in [2.45, 2.75) is 19.4 Å². The Kier molecular flexibility index (Phi) is 7.27. The molecule has 0 fully saturated rings. The van der Waals surface area contributed by atoms with E-state index >= 15 is 0 Å². The van der Waals surface area contributed by atoms with E-state index in [2.05, 4.69) is 6.07 Å². The number of hydrogen-bond donors (Lipinski definition) is 0. The molecule has 0 bridgehead atoms. The summed E-state index contributed by atoms with van der Waals surface area (Å²) in [4.78, 5) is 28.7. The Morgan fingerprint density at radius 3 is 2.50 bits per heavy atom. The highest BCUT2D eigenvalue weighted by Gasteiger charge is 2.23. The van der Waals surface area contributed by atoms with E-state index in [1.54, 1.807) is 37.2 Å². The van der Waals surface area contributed by atoms with E-state index in [9.17, 15) is 14.0 Å². The zero-order valence-corrected chi connectivity index (χ0v) is 16.7. The average molecular weight is 402 g/mol. The molecule has 0 heterocycles. The van der Waals surface area contributed by atoms with Gasteiger partial charge in [-0.2, -0.15) is 5.26 Å². The lowest BCUT2D eigenvalue weighted by atomic mass is 10.0. The number of amides is 1. The summed E-state index contributed by atoms with van der Waals surface area (Å²) in [6, 6.07) is 12.2. The van der Waals surface area contributed by atoms with Crippen LogP contribution in [0.3, 0.4) is 0 Å². The minimum atomic E-state index is -0.641. The largest absolute Gasteiger partial charge is 0.314 e. The number of nitrogens with zero attached hydrogens (tertiary/aromatic N) is 3. The highest BCUT2D eigenvalue weighted by Crippen LogP contribution is 2.27. The number of rotatable bonds is 7. The molecule has 1 amide bonds. The van der Waals surface area contributed by atoms with Crippen molar-refractivity contribution in [1.29, 1.82) is 5.26 Å². The quantitative estimate of drug-likeness (QED) is 0.660. The zero-order chi connectivity index (χ0) is 20.8. The summed E-state index contributed by atoms with van der Waals surface area (Å²) in [5.41, 5.74) is 0.386. The summed E-state index contributed by atoms with van der Waals surface area (Å²) in [6.07, 6.45) is 0.297. The van der Waals surface area contributed by atoms with E-state index in [-0.39, 0.29) is 29.6 Å². The molecule has 2 aromatic rings. The van der Waals surface area contributed by atoms with Crippen LogP contribution >= 0.6 is 11.6 Å². The van der Waals surface area contributed by atoms with Gasteiger partial charge in [-0.05, 0) is 44.3 Å². The SMILES string of the molecule is CC(CC#N)N(C)CC(=O)N(C)c1ccc(Cl)cc1C(=O)c1ccccc1F. The van der Waals surface area contributed by atoms with Crippen LogP contribution in [0.15, 0.2) is 42.5 Å². The number of likely N-dealkylation sites (N-methyl/N-ethyl adjacent to an activating group) is 2. The second-order valence-corrected chi connectivity index (χ2v) is 6.99. The third kappa shape index (κ3) is 4.94. The Morgan fingerprint density at radius 1 is 1.18 bits per heavy atom. The van der Waals surface area contributed by atoms with Crippen LogP contribution in [0.2, 0.25) is 5.02 Å².